The van der Waals surface area contributed by atoms with E-state index in [9.17, 15) is 4.79 Å². The molecule has 0 aliphatic carbocycles. The molecule has 3 heteroatoms. The highest BCUT2D eigenvalue weighted by molar-refractivity contribution is 5.91. The van der Waals surface area contributed by atoms with E-state index in [1.54, 1.807) is 24.3 Å². The van der Waals surface area contributed by atoms with E-state index in [0.29, 0.717) is 17.7 Å². The molecule has 3 rings (SSSR count). The summed E-state index contributed by atoms with van der Waals surface area (Å²) in [5.74, 6) is -0.0886. The van der Waals surface area contributed by atoms with Gasteiger partial charge in [-0.15, -0.1) is 0 Å². The summed E-state index contributed by atoms with van der Waals surface area (Å²) < 4.78 is 0. The summed E-state index contributed by atoms with van der Waals surface area (Å²) >= 11 is 0. The van der Waals surface area contributed by atoms with E-state index in [0.717, 1.165) is 11.1 Å². The zero-order chi connectivity index (χ0) is 17.5. The van der Waals surface area contributed by atoms with Gasteiger partial charge in [0, 0.05) is 18.0 Å². The lowest BCUT2D eigenvalue weighted by Crippen LogP contribution is -2.16. The van der Waals surface area contributed by atoms with Gasteiger partial charge >= 0.3 is 0 Å². The molecule has 122 valence electrons. The number of amides is 1. The predicted octanol–water partition coefficient (Wildman–Crippen LogP) is 4.72. The number of nitrogens with zero attached hydrogens (tertiary/aromatic N) is 1. The summed E-state index contributed by atoms with van der Waals surface area (Å²) in [6, 6.07) is 29.1. The summed E-state index contributed by atoms with van der Waals surface area (Å²) in [5, 5.41) is 11.9. The molecule has 0 aliphatic heterocycles. The van der Waals surface area contributed by atoms with E-state index in [1.165, 1.54) is 0 Å². The number of nitrogens with one attached hydrogen (secondary N) is 1. The monoisotopic (exact) mass is 326 g/mol. The van der Waals surface area contributed by atoms with Crippen LogP contribution in [0.5, 0.6) is 0 Å². The molecular formula is C22H18N2O. The molecule has 1 N–H and O–H groups in total. The van der Waals surface area contributed by atoms with E-state index in [-0.39, 0.29) is 11.8 Å². The summed E-state index contributed by atoms with van der Waals surface area (Å²) in [4.78, 5) is 12.6. The number of rotatable bonds is 5. The van der Waals surface area contributed by atoms with Crippen LogP contribution in [0.2, 0.25) is 0 Å². The molecule has 3 aromatic rings. The minimum Gasteiger partial charge on any atom is -0.326 e. The Bertz CT molecular complexity index is 843. The summed E-state index contributed by atoms with van der Waals surface area (Å²) in [7, 11) is 0. The fourth-order valence-corrected chi connectivity index (χ4v) is 2.86. The molecular weight excluding hydrogens is 308 g/mol. The Kier molecular flexibility index (Phi) is 5.23. The van der Waals surface area contributed by atoms with Crippen molar-refractivity contribution in [1.82, 2.24) is 0 Å². The minimum absolute atomic E-state index is 0.0125. The number of anilines is 1. The first-order valence-corrected chi connectivity index (χ1v) is 8.16. The molecule has 0 fully saturated rings. The van der Waals surface area contributed by atoms with Crippen LogP contribution in [0.3, 0.4) is 0 Å². The Morgan fingerprint density at radius 2 is 1.48 bits per heavy atom. The van der Waals surface area contributed by atoms with Gasteiger partial charge in [0.1, 0.15) is 0 Å². The second-order valence-electron chi connectivity index (χ2n) is 5.82. The average Bonchev–Trinajstić information content (AvgIpc) is 2.67. The van der Waals surface area contributed by atoms with E-state index in [1.807, 2.05) is 60.7 Å². The average molecular weight is 326 g/mol. The predicted molar refractivity (Wildman–Crippen MR) is 99.1 cm³/mol. The maximum absolute atomic E-state index is 12.6. The smallest absolute Gasteiger partial charge is 0.225 e. The van der Waals surface area contributed by atoms with Gasteiger partial charge in [0.15, 0.2) is 0 Å². The van der Waals surface area contributed by atoms with Crippen molar-refractivity contribution >= 4 is 11.6 Å². The van der Waals surface area contributed by atoms with Gasteiger partial charge in [-0.1, -0.05) is 66.7 Å². The van der Waals surface area contributed by atoms with Crippen molar-refractivity contribution in [2.75, 3.05) is 5.32 Å². The number of hydrogen-bond donors (Lipinski definition) is 1. The fourth-order valence-electron chi connectivity index (χ4n) is 2.86. The quantitative estimate of drug-likeness (QED) is 0.737. The van der Waals surface area contributed by atoms with Crippen LogP contribution in [0.4, 0.5) is 5.69 Å². The molecule has 0 heterocycles. The van der Waals surface area contributed by atoms with Crippen molar-refractivity contribution in [1.29, 1.82) is 5.26 Å². The first-order valence-electron chi connectivity index (χ1n) is 8.16. The van der Waals surface area contributed by atoms with Crippen molar-refractivity contribution in [3.8, 4) is 6.07 Å². The lowest BCUT2D eigenvalue weighted by Gasteiger charge is -2.18. The second kappa shape index (κ2) is 7.94. The number of nitriles is 1. The Morgan fingerprint density at radius 1 is 0.880 bits per heavy atom. The third-order valence-electron chi connectivity index (χ3n) is 4.07. The van der Waals surface area contributed by atoms with Crippen molar-refractivity contribution in [3.05, 3.63) is 102 Å². The number of benzene rings is 3. The molecule has 0 spiro atoms. The van der Waals surface area contributed by atoms with Gasteiger partial charge in [-0.25, -0.2) is 0 Å². The largest absolute Gasteiger partial charge is 0.326 e. The Hall–Kier alpha value is -3.38. The highest BCUT2D eigenvalue weighted by Crippen LogP contribution is 2.28. The van der Waals surface area contributed by atoms with E-state index < -0.39 is 0 Å². The van der Waals surface area contributed by atoms with Gasteiger partial charge in [-0.05, 0) is 29.3 Å². The standard InChI is InChI=1S/C22H18N2O/c23-16-17-8-7-13-20(14-17)24-22(25)15-21(18-9-3-1-4-10-18)19-11-5-2-6-12-19/h1-14,21H,15H2,(H,24,25). The van der Waals surface area contributed by atoms with Crippen LogP contribution in [0, 0.1) is 11.3 Å². The molecule has 3 aromatic carbocycles. The maximum atomic E-state index is 12.6. The van der Waals surface area contributed by atoms with Crippen molar-refractivity contribution in [2.45, 2.75) is 12.3 Å². The first kappa shape index (κ1) is 16.5. The van der Waals surface area contributed by atoms with Crippen LogP contribution in [0.25, 0.3) is 0 Å². The molecule has 3 nitrogen and oxygen atoms in total. The van der Waals surface area contributed by atoms with Crippen molar-refractivity contribution in [3.63, 3.8) is 0 Å². The number of carbonyl (C=O) groups is 1. The summed E-state index contributed by atoms with van der Waals surface area (Å²) in [6.07, 6.45) is 0.338. The normalized spacial score (nSPS) is 10.2. The molecule has 25 heavy (non-hydrogen) atoms. The highest BCUT2D eigenvalue weighted by atomic mass is 16.1. The molecule has 0 aliphatic rings. The minimum atomic E-state index is -0.0761. The molecule has 0 atom stereocenters. The Labute approximate surface area is 147 Å². The van der Waals surface area contributed by atoms with Crippen LogP contribution >= 0.6 is 0 Å². The van der Waals surface area contributed by atoms with Crippen molar-refractivity contribution in [2.24, 2.45) is 0 Å². The highest BCUT2D eigenvalue weighted by Gasteiger charge is 2.18. The van der Waals surface area contributed by atoms with Gasteiger partial charge in [0.2, 0.25) is 5.91 Å². The van der Waals surface area contributed by atoms with Crippen LogP contribution in [0.15, 0.2) is 84.9 Å². The molecule has 0 unspecified atom stereocenters. The van der Waals surface area contributed by atoms with Gasteiger partial charge in [-0.3, -0.25) is 4.79 Å². The first-order chi connectivity index (χ1) is 12.3. The summed E-state index contributed by atoms with van der Waals surface area (Å²) in [6.45, 7) is 0. The topological polar surface area (TPSA) is 52.9 Å². The van der Waals surface area contributed by atoms with Crippen LogP contribution in [0.1, 0.15) is 29.0 Å². The van der Waals surface area contributed by atoms with Crippen molar-refractivity contribution < 1.29 is 4.79 Å². The van der Waals surface area contributed by atoms with Crippen LogP contribution in [-0.4, -0.2) is 5.91 Å². The van der Waals surface area contributed by atoms with E-state index >= 15 is 0 Å². The zero-order valence-electron chi connectivity index (χ0n) is 13.7. The van der Waals surface area contributed by atoms with Gasteiger partial charge in [-0.2, -0.15) is 5.26 Å². The fraction of sp³-hybridized carbons (Fsp3) is 0.0909. The molecule has 0 aromatic heterocycles. The SMILES string of the molecule is N#Cc1cccc(NC(=O)CC(c2ccccc2)c2ccccc2)c1. The molecule has 0 saturated carbocycles. The molecule has 1 amide bonds. The third kappa shape index (κ3) is 4.33. The lowest BCUT2D eigenvalue weighted by atomic mass is 9.88. The van der Waals surface area contributed by atoms with E-state index in [4.69, 9.17) is 5.26 Å². The van der Waals surface area contributed by atoms with Crippen LogP contribution in [-0.2, 0) is 4.79 Å². The number of hydrogen-bond acceptors (Lipinski definition) is 2. The molecule has 0 bridgehead atoms. The molecule has 0 radical (unpaired) electrons. The lowest BCUT2D eigenvalue weighted by molar-refractivity contribution is -0.116. The van der Waals surface area contributed by atoms with Crippen LogP contribution < -0.4 is 5.32 Å². The number of carbonyl (C=O) groups excluding carboxylic acids is 1. The Morgan fingerprint density at radius 3 is 2.04 bits per heavy atom. The second-order valence-corrected chi connectivity index (χ2v) is 5.82. The zero-order valence-corrected chi connectivity index (χ0v) is 13.7. The van der Waals surface area contributed by atoms with Gasteiger partial charge < -0.3 is 5.32 Å². The summed E-state index contributed by atoms with van der Waals surface area (Å²) in [5.41, 5.74) is 3.38. The Balaban J connectivity index is 1.80. The maximum Gasteiger partial charge on any atom is 0.225 e. The molecule has 0 saturated heterocycles. The van der Waals surface area contributed by atoms with Gasteiger partial charge in [0.05, 0.1) is 11.6 Å². The van der Waals surface area contributed by atoms with E-state index in [2.05, 4.69) is 11.4 Å². The third-order valence-corrected chi connectivity index (χ3v) is 4.07. The van der Waals surface area contributed by atoms with Gasteiger partial charge in [0.25, 0.3) is 0 Å².